The van der Waals surface area contributed by atoms with Gasteiger partial charge in [0.25, 0.3) is 11.8 Å². The quantitative estimate of drug-likeness (QED) is 0.684. The summed E-state index contributed by atoms with van der Waals surface area (Å²) >= 11 is 0. The number of hydrogen-bond donors (Lipinski definition) is 2. The first-order chi connectivity index (χ1) is 14.6. The third-order valence-electron chi connectivity index (χ3n) is 4.55. The summed E-state index contributed by atoms with van der Waals surface area (Å²) in [7, 11) is 0. The minimum Gasteiger partial charge on any atom is -0.454 e. The minimum absolute atomic E-state index is 0.197. The van der Waals surface area contributed by atoms with Gasteiger partial charge in [0, 0.05) is 23.4 Å². The highest BCUT2D eigenvalue weighted by Gasteiger charge is 2.14. The summed E-state index contributed by atoms with van der Waals surface area (Å²) in [6.45, 7) is 0.514. The third kappa shape index (κ3) is 4.23. The molecule has 0 atom stereocenters. The van der Waals surface area contributed by atoms with Gasteiger partial charge in [-0.2, -0.15) is 5.26 Å². The SMILES string of the molecule is N#Cc1ccc(NC(=O)c2cccc(C(=O)NCc3ccc4c(c3)OCO4)c2)cc1. The third-order valence-corrected chi connectivity index (χ3v) is 4.55. The van der Waals surface area contributed by atoms with E-state index < -0.39 is 0 Å². The Bertz CT molecular complexity index is 1150. The van der Waals surface area contributed by atoms with Crippen LogP contribution in [-0.4, -0.2) is 18.6 Å². The number of carbonyl (C=O) groups excluding carboxylic acids is 2. The lowest BCUT2D eigenvalue weighted by atomic mass is 10.1. The molecule has 1 aliphatic heterocycles. The van der Waals surface area contributed by atoms with Crippen LogP contribution in [0, 0.1) is 11.3 Å². The maximum absolute atomic E-state index is 12.5. The summed E-state index contributed by atoms with van der Waals surface area (Å²) in [6, 6.07) is 20.5. The van der Waals surface area contributed by atoms with Crippen LogP contribution in [0.1, 0.15) is 31.8 Å². The summed E-state index contributed by atoms with van der Waals surface area (Å²) < 4.78 is 10.6. The second kappa shape index (κ2) is 8.37. The number of anilines is 1. The monoisotopic (exact) mass is 399 g/mol. The molecule has 0 unspecified atom stereocenters. The maximum atomic E-state index is 12.5. The molecule has 0 radical (unpaired) electrons. The Morgan fingerprint density at radius 1 is 0.900 bits per heavy atom. The van der Waals surface area contributed by atoms with Crippen LogP contribution < -0.4 is 20.1 Å². The van der Waals surface area contributed by atoms with Gasteiger partial charge in [-0.3, -0.25) is 9.59 Å². The van der Waals surface area contributed by atoms with Gasteiger partial charge in [-0.25, -0.2) is 0 Å². The van der Waals surface area contributed by atoms with E-state index in [1.54, 1.807) is 48.5 Å². The van der Waals surface area contributed by atoms with Gasteiger partial charge in [0.2, 0.25) is 6.79 Å². The molecule has 3 aromatic carbocycles. The molecule has 2 N–H and O–H groups in total. The number of fused-ring (bicyclic) bond motifs is 1. The van der Waals surface area contributed by atoms with E-state index in [-0.39, 0.29) is 18.6 Å². The number of ether oxygens (including phenoxy) is 2. The Kier molecular flexibility index (Phi) is 5.31. The average molecular weight is 399 g/mol. The van der Waals surface area contributed by atoms with Crippen molar-refractivity contribution < 1.29 is 19.1 Å². The van der Waals surface area contributed by atoms with E-state index in [2.05, 4.69) is 10.6 Å². The van der Waals surface area contributed by atoms with E-state index in [0.717, 1.165) is 5.56 Å². The summed E-state index contributed by atoms with van der Waals surface area (Å²) in [6.07, 6.45) is 0. The van der Waals surface area contributed by atoms with Gasteiger partial charge in [-0.1, -0.05) is 12.1 Å². The highest BCUT2D eigenvalue weighted by Crippen LogP contribution is 2.32. The predicted octanol–water partition coefficient (Wildman–Crippen LogP) is 3.47. The van der Waals surface area contributed by atoms with Crippen molar-refractivity contribution in [1.82, 2.24) is 5.32 Å². The summed E-state index contributed by atoms with van der Waals surface area (Å²) in [5.41, 5.74) is 2.69. The van der Waals surface area contributed by atoms with Crippen molar-refractivity contribution in [2.75, 3.05) is 12.1 Å². The van der Waals surface area contributed by atoms with E-state index in [1.807, 2.05) is 18.2 Å². The molecule has 0 fully saturated rings. The van der Waals surface area contributed by atoms with Crippen LogP contribution >= 0.6 is 0 Å². The number of hydrogen-bond acceptors (Lipinski definition) is 5. The normalized spacial score (nSPS) is 11.4. The molecule has 0 aromatic heterocycles. The first kappa shape index (κ1) is 19.0. The molecule has 0 saturated carbocycles. The molecule has 1 aliphatic rings. The standard InChI is InChI=1S/C23H17N3O4/c24-12-15-4-7-19(8-5-15)26-23(28)18-3-1-2-17(11-18)22(27)25-13-16-6-9-20-21(10-16)30-14-29-20/h1-11H,13-14H2,(H,25,27)(H,26,28). The van der Waals surface area contributed by atoms with E-state index in [4.69, 9.17) is 14.7 Å². The Morgan fingerprint density at radius 2 is 1.63 bits per heavy atom. The van der Waals surface area contributed by atoms with Gasteiger partial charge < -0.3 is 20.1 Å². The van der Waals surface area contributed by atoms with E-state index in [1.165, 1.54) is 6.07 Å². The topological polar surface area (TPSA) is 100 Å². The molecule has 2 amide bonds. The molecule has 30 heavy (non-hydrogen) atoms. The Morgan fingerprint density at radius 3 is 2.40 bits per heavy atom. The van der Waals surface area contributed by atoms with Crippen LogP contribution in [0.2, 0.25) is 0 Å². The average Bonchev–Trinajstić information content (AvgIpc) is 3.26. The zero-order valence-electron chi connectivity index (χ0n) is 15.8. The molecule has 0 spiro atoms. The summed E-state index contributed by atoms with van der Waals surface area (Å²) in [5, 5.41) is 14.4. The number of nitrogens with zero attached hydrogens (tertiary/aromatic N) is 1. The minimum atomic E-state index is -0.342. The molecule has 3 aromatic rings. The highest BCUT2D eigenvalue weighted by atomic mass is 16.7. The van der Waals surface area contributed by atoms with Crippen LogP contribution in [0.4, 0.5) is 5.69 Å². The van der Waals surface area contributed by atoms with Crippen molar-refractivity contribution in [2.45, 2.75) is 6.54 Å². The second-order valence-corrected chi connectivity index (χ2v) is 6.59. The maximum Gasteiger partial charge on any atom is 0.255 e. The molecular formula is C23H17N3O4. The Balaban J connectivity index is 1.39. The highest BCUT2D eigenvalue weighted by molar-refractivity contribution is 6.06. The van der Waals surface area contributed by atoms with E-state index in [0.29, 0.717) is 40.4 Å². The lowest BCUT2D eigenvalue weighted by Gasteiger charge is -2.09. The first-order valence-corrected chi connectivity index (χ1v) is 9.21. The van der Waals surface area contributed by atoms with Gasteiger partial charge in [-0.05, 0) is 60.2 Å². The molecule has 1 heterocycles. The van der Waals surface area contributed by atoms with Gasteiger partial charge in [0.15, 0.2) is 11.5 Å². The fourth-order valence-corrected chi connectivity index (χ4v) is 2.97. The largest absolute Gasteiger partial charge is 0.454 e. The van der Waals surface area contributed by atoms with Gasteiger partial charge in [0.05, 0.1) is 11.6 Å². The number of benzene rings is 3. The van der Waals surface area contributed by atoms with Crippen LogP contribution in [0.3, 0.4) is 0 Å². The van der Waals surface area contributed by atoms with Gasteiger partial charge in [-0.15, -0.1) is 0 Å². The molecule has 148 valence electrons. The molecule has 7 nitrogen and oxygen atoms in total. The van der Waals surface area contributed by atoms with Gasteiger partial charge in [0.1, 0.15) is 0 Å². The zero-order valence-corrected chi connectivity index (χ0v) is 15.8. The van der Waals surface area contributed by atoms with Crippen molar-refractivity contribution in [3.05, 3.63) is 89.0 Å². The van der Waals surface area contributed by atoms with Crippen LogP contribution in [0.25, 0.3) is 0 Å². The number of amides is 2. The van der Waals surface area contributed by atoms with E-state index in [9.17, 15) is 9.59 Å². The van der Waals surface area contributed by atoms with Crippen molar-refractivity contribution in [2.24, 2.45) is 0 Å². The van der Waals surface area contributed by atoms with Gasteiger partial charge >= 0.3 is 0 Å². The number of nitriles is 1. The molecule has 4 rings (SSSR count). The van der Waals surface area contributed by atoms with Crippen LogP contribution in [-0.2, 0) is 6.54 Å². The smallest absolute Gasteiger partial charge is 0.255 e. The zero-order chi connectivity index (χ0) is 20.9. The summed E-state index contributed by atoms with van der Waals surface area (Å²) in [4.78, 5) is 25.0. The molecule has 0 aliphatic carbocycles. The van der Waals surface area contributed by atoms with Crippen molar-refractivity contribution in [3.8, 4) is 17.6 Å². The van der Waals surface area contributed by atoms with E-state index >= 15 is 0 Å². The van der Waals surface area contributed by atoms with Crippen molar-refractivity contribution >= 4 is 17.5 Å². The molecule has 0 bridgehead atoms. The van der Waals surface area contributed by atoms with Crippen molar-refractivity contribution in [3.63, 3.8) is 0 Å². The first-order valence-electron chi connectivity index (χ1n) is 9.21. The lowest BCUT2D eigenvalue weighted by Crippen LogP contribution is -2.23. The number of carbonyl (C=O) groups is 2. The number of nitrogens with one attached hydrogen (secondary N) is 2. The molecular weight excluding hydrogens is 382 g/mol. The summed E-state index contributed by atoms with van der Waals surface area (Å²) in [5.74, 6) is 0.708. The second-order valence-electron chi connectivity index (χ2n) is 6.59. The Labute approximate surface area is 172 Å². The lowest BCUT2D eigenvalue weighted by molar-refractivity contribution is 0.0951. The predicted molar refractivity (Wildman–Crippen MR) is 109 cm³/mol. The fourth-order valence-electron chi connectivity index (χ4n) is 2.97. The van der Waals surface area contributed by atoms with Crippen LogP contribution in [0.15, 0.2) is 66.7 Å². The van der Waals surface area contributed by atoms with Crippen LogP contribution in [0.5, 0.6) is 11.5 Å². The fraction of sp³-hybridized carbons (Fsp3) is 0.0870. The molecule has 0 saturated heterocycles. The van der Waals surface area contributed by atoms with Crippen molar-refractivity contribution in [1.29, 1.82) is 5.26 Å². The Hall–Kier alpha value is -4.31. The number of rotatable bonds is 5. The molecule has 7 heteroatoms.